The molecule has 33 heavy (non-hydrogen) atoms. The molecule has 7 nitrogen and oxygen atoms in total. The van der Waals surface area contributed by atoms with Crippen molar-refractivity contribution < 1.29 is 17.9 Å². The highest BCUT2D eigenvalue weighted by Gasteiger charge is 2.26. The molecule has 1 amide bonds. The number of benzene rings is 2. The quantitative estimate of drug-likeness (QED) is 0.579. The summed E-state index contributed by atoms with van der Waals surface area (Å²) in [6.07, 6.45) is 5.68. The number of aromatic nitrogens is 1. The molecule has 2 aliphatic heterocycles. The first-order valence-corrected chi connectivity index (χ1v) is 13.1. The molecule has 0 radical (unpaired) electrons. The number of hydrogen-bond donors (Lipinski definition) is 2. The Bertz CT molecular complexity index is 1220. The molecule has 0 spiro atoms. The highest BCUT2D eigenvalue weighted by Crippen LogP contribution is 2.33. The normalized spacial score (nSPS) is 19.9. The van der Waals surface area contributed by atoms with Gasteiger partial charge in [-0.3, -0.25) is 4.79 Å². The van der Waals surface area contributed by atoms with Crippen LogP contribution in [0.3, 0.4) is 0 Å². The lowest BCUT2D eigenvalue weighted by Gasteiger charge is -2.32. The van der Waals surface area contributed by atoms with E-state index in [0.717, 1.165) is 31.2 Å². The molecule has 0 saturated carbocycles. The number of para-hydroxylation sites is 1. The van der Waals surface area contributed by atoms with Gasteiger partial charge in [-0.15, -0.1) is 0 Å². The number of sulfonamides is 1. The minimum Gasteiger partial charge on any atom is -0.377 e. The summed E-state index contributed by atoms with van der Waals surface area (Å²) in [5, 5.41) is 1.26. The molecule has 8 heteroatoms. The Labute approximate surface area is 194 Å². The second kappa shape index (κ2) is 9.29. The van der Waals surface area contributed by atoms with E-state index >= 15 is 0 Å². The third-order valence-corrected chi connectivity index (χ3v) is 8.22. The molecule has 1 unspecified atom stereocenters. The summed E-state index contributed by atoms with van der Waals surface area (Å²) in [5.74, 6) is 0.372. The number of aromatic amines is 1. The number of amides is 1. The number of likely N-dealkylation sites (tertiary alicyclic amines) is 1. The summed E-state index contributed by atoms with van der Waals surface area (Å²) in [7, 11) is -3.62. The third kappa shape index (κ3) is 4.69. The number of hydrogen-bond acceptors (Lipinski definition) is 4. The van der Waals surface area contributed by atoms with Crippen LogP contribution in [-0.4, -0.2) is 56.6 Å². The van der Waals surface area contributed by atoms with E-state index in [0.29, 0.717) is 31.2 Å². The van der Waals surface area contributed by atoms with Gasteiger partial charge in [0.25, 0.3) is 5.91 Å². The monoisotopic (exact) mass is 467 g/mol. The molecule has 2 aliphatic rings. The molecular weight excluding hydrogens is 438 g/mol. The van der Waals surface area contributed by atoms with E-state index in [9.17, 15) is 13.2 Å². The van der Waals surface area contributed by atoms with Gasteiger partial charge in [-0.2, -0.15) is 0 Å². The summed E-state index contributed by atoms with van der Waals surface area (Å²) in [6.45, 7) is 2.33. The van der Waals surface area contributed by atoms with Crippen molar-refractivity contribution in [2.24, 2.45) is 0 Å². The fourth-order valence-corrected chi connectivity index (χ4v) is 5.94. The van der Waals surface area contributed by atoms with Crippen molar-refractivity contribution in [3.05, 3.63) is 65.9 Å². The lowest BCUT2D eigenvalue weighted by Crippen LogP contribution is -2.38. The Morgan fingerprint density at radius 1 is 1.06 bits per heavy atom. The van der Waals surface area contributed by atoms with Gasteiger partial charge in [-0.1, -0.05) is 18.2 Å². The number of carbonyl (C=O) groups is 1. The van der Waals surface area contributed by atoms with Gasteiger partial charge in [0.1, 0.15) is 0 Å². The average Bonchev–Trinajstić information content (AvgIpc) is 3.53. The Kier molecular flexibility index (Phi) is 6.23. The SMILES string of the molecule is O=C(c1ccc(S(=O)(=O)NCC2CCCO2)cc1)N1CCC(c2c[nH]c3ccccc23)CC1. The molecule has 1 atom stereocenters. The van der Waals surface area contributed by atoms with Crippen LogP contribution in [0.2, 0.25) is 0 Å². The second-order valence-electron chi connectivity index (χ2n) is 8.87. The summed E-state index contributed by atoms with van der Waals surface area (Å²) >= 11 is 0. The summed E-state index contributed by atoms with van der Waals surface area (Å²) < 4.78 is 33.2. The van der Waals surface area contributed by atoms with Crippen LogP contribution in [0, 0.1) is 0 Å². The van der Waals surface area contributed by atoms with Crippen LogP contribution < -0.4 is 4.72 Å². The van der Waals surface area contributed by atoms with Crippen LogP contribution in [0.25, 0.3) is 10.9 Å². The van der Waals surface area contributed by atoms with E-state index in [1.165, 1.54) is 23.1 Å². The maximum absolute atomic E-state index is 13.0. The van der Waals surface area contributed by atoms with Gasteiger partial charge in [-0.25, -0.2) is 13.1 Å². The van der Waals surface area contributed by atoms with Crippen molar-refractivity contribution in [1.29, 1.82) is 0 Å². The molecule has 3 heterocycles. The molecule has 5 rings (SSSR count). The molecule has 0 aliphatic carbocycles. The van der Waals surface area contributed by atoms with Gasteiger partial charge in [0.2, 0.25) is 10.0 Å². The highest BCUT2D eigenvalue weighted by atomic mass is 32.2. The van der Waals surface area contributed by atoms with Crippen LogP contribution >= 0.6 is 0 Å². The Hall–Kier alpha value is -2.68. The summed E-state index contributed by atoms with van der Waals surface area (Å²) in [4.78, 5) is 18.4. The van der Waals surface area contributed by atoms with Gasteiger partial charge in [0.15, 0.2) is 0 Å². The largest absolute Gasteiger partial charge is 0.377 e. The molecule has 2 fully saturated rings. The number of ether oxygens (including phenoxy) is 1. The van der Waals surface area contributed by atoms with Crippen molar-refractivity contribution in [2.75, 3.05) is 26.2 Å². The van der Waals surface area contributed by atoms with E-state index in [1.807, 2.05) is 11.0 Å². The molecule has 2 saturated heterocycles. The van der Waals surface area contributed by atoms with Crippen molar-refractivity contribution in [1.82, 2.24) is 14.6 Å². The number of nitrogens with zero attached hydrogens (tertiary/aromatic N) is 1. The van der Waals surface area contributed by atoms with Gasteiger partial charge < -0.3 is 14.6 Å². The van der Waals surface area contributed by atoms with Crippen LogP contribution in [0.5, 0.6) is 0 Å². The topological polar surface area (TPSA) is 91.5 Å². The number of nitrogens with one attached hydrogen (secondary N) is 2. The second-order valence-corrected chi connectivity index (χ2v) is 10.6. The number of rotatable bonds is 6. The van der Waals surface area contributed by atoms with Crippen LogP contribution in [0.1, 0.15) is 47.5 Å². The summed E-state index contributed by atoms with van der Waals surface area (Å²) in [5.41, 5.74) is 2.98. The van der Waals surface area contributed by atoms with Gasteiger partial charge >= 0.3 is 0 Å². The van der Waals surface area contributed by atoms with E-state index in [1.54, 1.807) is 12.1 Å². The maximum atomic E-state index is 13.0. The minimum absolute atomic E-state index is 0.0522. The van der Waals surface area contributed by atoms with Crippen molar-refractivity contribution >= 4 is 26.8 Å². The van der Waals surface area contributed by atoms with Gasteiger partial charge in [0.05, 0.1) is 11.0 Å². The van der Waals surface area contributed by atoms with Gasteiger partial charge in [-0.05, 0) is 67.5 Å². The zero-order chi connectivity index (χ0) is 22.8. The fraction of sp³-hybridized carbons (Fsp3) is 0.400. The number of piperidine rings is 1. The van der Waals surface area contributed by atoms with Crippen LogP contribution in [-0.2, 0) is 14.8 Å². The number of carbonyl (C=O) groups excluding carboxylic acids is 1. The first kappa shape index (κ1) is 22.1. The third-order valence-electron chi connectivity index (χ3n) is 6.78. The number of fused-ring (bicyclic) bond motifs is 1. The minimum atomic E-state index is -3.62. The average molecular weight is 468 g/mol. The molecule has 1 aromatic heterocycles. The Balaban J connectivity index is 1.19. The summed E-state index contributed by atoms with van der Waals surface area (Å²) in [6, 6.07) is 14.5. The fourth-order valence-electron chi connectivity index (χ4n) is 4.88. The molecule has 174 valence electrons. The smallest absolute Gasteiger partial charge is 0.253 e. The first-order chi connectivity index (χ1) is 16.0. The molecule has 3 aromatic rings. The standard InChI is InChI=1S/C25H29N3O4S/c29-25(19-7-9-21(10-8-19)33(30,31)27-16-20-4-3-15-32-20)28-13-11-18(12-14-28)23-17-26-24-6-2-1-5-22(23)24/h1-2,5-10,17-18,20,26-27H,3-4,11-16H2. The highest BCUT2D eigenvalue weighted by molar-refractivity contribution is 7.89. The van der Waals surface area contributed by atoms with E-state index in [2.05, 4.69) is 34.1 Å². The Morgan fingerprint density at radius 3 is 2.55 bits per heavy atom. The Morgan fingerprint density at radius 2 is 1.82 bits per heavy atom. The van der Waals surface area contributed by atoms with E-state index < -0.39 is 10.0 Å². The molecular formula is C25H29N3O4S. The number of H-pyrrole nitrogens is 1. The van der Waals surface area contributed by atoms with E-state index in [-0.39, 0.29) is 23.5 Å². The van der Waals surface area contributed by atoms with Crippen molar-refractivity contribution in [2.45, 2.75) is 42.6 Å². The zero-order valence-electron chi connectivity index (χ0n) is 18.5. The maximum Gasteiger partial charge on any atom is 0.253 e. The lowest BCUT2D eigenvalue weighted by atomic mass is 9.89. The van der Waals surface area contributed by atoms with Crippen LogP contribution in [0.15, 0.2) is 59.6 Å². The zero-order valence-corrected chi connectivity index (χ0v) is 19.3. The predicted molar refractivity (Wildman–Crippen MR) is 127 cm³/mol. The van der Waals surface area contributed by atoms with E-state index in [4.69, 9.17) is 4.74 Å². The molecule has 2 aromatic carbocycles. The van der Waals surface area contributed by atoms with Crippen LogP contribution in [0.4, 0.5) is 0 Å². The first-order valence-electron chi connectivity index (χ1n) is 11.6. The lowest BCUT2D eigenvalue weighted by molar-refractivity contribution is 0.0713. The predicted octanol–water partition coefficient (Wildman–Crippen LogP) is 3.65. The van der Waals surface area contributed by atoms with Gasteiger partial charge in [0, 0.05) is 48.9 Å². The molecule has 2 N–H and O–H groups in total. The molecule has 0 bridgehead atoms. The van der Waals surface area contributed by atoms with Crippen molar-refractivity contribution in [3.8, 4) is 0 Å². The van der Waals surface area contributed by atoms with Crippen molar-refractivity contribution in [3.63, 3.8) is 0 Å².